The van der Waals surface area contributed by atoms with E-state index in [0.29, 0.717) is 0 Å². The summed E-state index contributed by atoms with van der Waals surface area (Å²) in [5, 5.41) is 2.03. The Labute approximate surface area is 91.7 Å². The molecular weight excluding hydrogens is 215 g/mol. The molecular formula is C7H18Cl2N2O2. The van der Waals surface area contributed by atoms with Crippen molar-refractivity contribution in [3.8, 4) is 0 Å². The Kier molecular flexibility index (Phi) is 12.8. The standard InChI is InChI=1S/C7H16N2O2.2ClH/c1-2-5-11-8-9-3-6-10-7-4-9;;/h8H,2-7H2,1H3;2*1H. The van der Waals surface area contributed by atoms with Gasteiger partial charge in [0.15, 0.2) is 0 Å². The van der Waals surface area contributed by atoms with Crippen LogP contribution >= 0.6 is 24.8 Å². The Morgan fingerprint density at radius 2 is 1.92 bits per heavy atom. The summed E-state index contributed by atoms with van der Waals surface area (Å²) in [5.41, 5.74) is 2.88. The smallest absolute Gasteiger partial charge is 0.0696 e. The molecule has 0 unspecified atom stereocenters. The molecule has 0 spiro atoms. The van der Waals surface area contributed by atoms with Crippen LogP contribution in [0.15, 0.2) is 0 Å². The minimum atomic E-state index is 0. The van der Waals surface area contributed by atoms with Gasteiger partial charge in [0.05, 0.1) is 19.8 Å². The maximum Gasteiger partial charge on any atom is 0.0696 e. The minimum Gasteiger partial charge on any atom is -0.379 e. The molecule has 0 aliphatic carbocycles. The van der Waals surface area contributed by atoms with E-state index in [2.05, 4.69) is 12.5 Å². The highest BCUT2D eigenvalue weighted by molar-refractivity contribution is 5.85. The van der Waals surface area contributed by atoms with Gasteiger partial charge in [0.25, 0.3) is 0 Å². The monoisotopic (exact) mass is 232 g/mol. The Hall–Kier alpha value is 0.420. The van der Waals surface area contributed by atoms with Gasteiger partial charge in [0.2, 0.25) is 0 Å². The third-order valence-electron chi connectivity index (χ3n) is 1.51. The van der Waals surface area contributed by atoms with Crippen molar-refractivity contribution in [1.29, 1.82) is 0 Å². The molecule has 0 aromatic heterocycles. The molecule has 13 heavy (non-hydrogen) atoms. The summed E-state index contributed by atoms with van der Waals surface area (Å²) in [5.74, 6) is 0. The van der Waals surface area contributed by atoms with Gasteiger partial charge < -0.3 is 4.74 Å². The summed E-state index contributed by atoms with van der Waals surface area (Å²) >= 11 is 0. The second-order valence-electron chi connectivity index (χ2n) is 2.54. The van der Waals surface area contributed by atoms with Crippen molar-refractivity contribution in [3.63, 3.8) is 0 Å². The number of morpholine rings is 1. The average Bonchev–Trinajstić information content (AvgIpc) is 2.07. The fourth-order valence-corrected chi connectivity index (χ4v) is 0.894. The first kappa shape index (κ1) is 15.9. The topological polar surface area (TPSA) is 33.7 Å². The average molecular weight is 233 g/mol. The molecule has 0 saturated carbocycles. The van der Waals surface area contributed by atoms with Crippen LogP contribution in [0.3, 0.4) is 0 Å². The largest absolute Gasteiger partial charge is 0.379 e. The van der Waals surface area contributed by atoms with Crippen LogP contribution < -0.4 is 5.59 Å². The molecule has 1 aliphatic rings. The number of hydrazine groups is 1. The Balaban J connectivity index is 0. The molecule has 0 radical (unpaired) electrons. The van der Waals surface area contributed by atoms with E-state index in [1.54, 1.807) is 0 Å². The minimum absolute atomic E-state index is 0. The van der Waals surface area contributed by atoms with E-state index in [4.69, 9.17) is 9.57 Å². The predicted molar refractivity (Wildman–Crippen MR) is 56.3 cm³/mol. The van der Waals surface area contributed by atoms with Gasteiger partial charge in [0, 0.05) is 13.1 Å². The number of nitrogens with one attached hydrogen (secondary N) is 1. The number of ether oxygens (including phenoxy) is 1. The molecule has 1 aliphatic heterocycles. The summed E-state index contributed by atoms with van der Waals surface area (Å²) < 4.78 is 5.17. The zero-order valence-corrected chi connectivity index (χ0v) is 9.46. The van der Waals surface area contributed by atoms with Crippen molar-refractivity contribution in [2.24, 2.45) is 0 Å². The molecule has 1 N–H and O–H groups in total. The summed E-state index contributed by atoms with van der Waals surface area (Å²) in [6.07, 6.45) is 1.04. The highest BCUT2D eigenvalue weighted by Gasteiger charge is 2.08. The highest BCUT2D eigenvalue weighted by Crippen LogP contribution is 1.91. The second kappa shape index (κ2) is 10.5. The Morgan fingerprint density at radius 1 is 1.31 bits per heavy atom. The zero-order valence-electron chi connectivity index (χ0n) is 7.82. The second-order valence-corrected chi connectivity index (χ2v) is 2.54. The molecule has 4 nitrogen and oxygen atoms in total. The van der Waals surface area contributed by atoms with Crippen molar-refractivity contribution in [1.82, 2.24) is 10.6 Å². The number of hydrogen-bond acceptors (Lipinski definition) is 4. The molecule has 1 fully saturated rings. The van der Waals surface area contributed by atoms with E-state index in [1.165, 1.54) is 0 Å². The van der Waals surface area contributed by atoms with E-state index >= 15 is 0 Å². The Morgan fingerprint density at radius 3 is 2.46 bits per heavy atom. The van der Waals surface area contributed by atoms with E-state index in [-0.39, 0.29) is 24.8 Å². The lowest BCUT2D eigenvalue weighted by Crippen LogP contribution is -2.45. The number of rotatable bonds is 4. The van der Waals surface area contributed by atoms with Crippen molar-refractivity contribution in [3.05, 3.63) is 0 Å². The quantitative estimate of drug-likeness (QED) is 0.580. The summed E-state index contributed by atoms with van der Waals surface area (Å²) in [6.45, 7) is 6.25. The fraction of sp³-hybridized carbons (Fsp3) is 1.00. The third kappa shape index (κ3) is 7.49. The van der Waals surface area contributed by atoms with Crippen LogP contribution in [-0.2, 0) is 9.57 Å². The van der Waals surface area contributed by atoms with E-state index in [9.17, 15) is 0 Å². The van der Waals surface area contributed by atoms with Crippen LogP contribution in [0.1, 0.15) is 13.3 Å². The van der Waals surface area contributed by atoms with Gasteiger partial charge in [0.1, 0.15) is 0 Å². The lowest BCUT2D eigenvalue weighted by Gasteiger charge is -2.26. The molecule has 0 aromatic carbocycles. The van der Waals surface area contributed by atoms with Crippen LogP contribution in [0, 0.1) is 0 Å². The van der Waals surface area contributed by atoms with Crippen molar-refractivity contribution >= 4 is 24.8 Å². The number of halogens is 2. The SMILES string of the molecule is CCCONN1CCOCC1.Cl.Cl. The van der Waals surface area contributed by atoms with Crippen LogP contribution in [0.4, 0.5) is 0 Å². The van der Waals surface area contributed by atoms with Gasteiger partial charge in [-0.3, -0.25) is 4.84 Å². The van der Waals surface area contributed by atoms with Crippen molar-refractivity contribution in [2.45, 2.75) is 13.3 Å². The summed E-state index contributed by atoms with van der Waals surface area (Å²) in [7, 11) is 0. The molecule has 0 bridgehead atoms. The van der Waals surface area contributed by atoms with Crippen LogP contribution in [0.5, 0.6) is 0 Å². The van der Waals surface area contributed by atoms with E-state index < -0.39 is 0 Å². The number of hydrogen-bond donors (Lipinski definition) is 1. The first-order valence-corrected chi connectivity index (χ1v) is 4.13. The molecule has 1 saturated heterocycles. The molecule has 1 heterocycles. The maximum atomic E-state index is 5.17. The van der Waals surface area contributed by atoms with Gasteiger partial charge in [-0.25, -0.2) is 5.01 Å². The van der Waals surface area contributed by atoms with Gasteiger partial charge in [-0.05, 0) is 6.42 Å². The van der Waals surface area contributed by atoms with Crippen molar-refractivity contribution in [2.75, 3.05) is 32.9 Å². The third-order valence-corrected chi connectivity index (χ3v) is 1.51. The van der Waals surface area contributed by atoms with Crippen LogP contribution in [0.2, 0.25) is 0 Å². The van der Waals surface area contributed by atoms with Gasteiger partial charge in [-0.2, -0.15) is 0 Å². The van der Waals surface area contributed by atoms with E-state index in [1.807, 2.05) is 5.01 Å². The first-order valence-electron chi connectivity index (χ1n) is 4.13. The lowest BCUT2D eigenvalue weighted by atomic mass is 10.5. The van der Waals surface area contributed by atoms with E-state index in [0.717, 1.165) is 39.3 Å². The van der Waals surface area contributed by atoms with Crippen LogP contribution in [-0.4, -0.2) is 37.9 Å². The normalized spacial score (nSPS) is 17.3. The molecule has 0 atom stereocenters. The fourth-order valence-electron chi connectivity index (χ4n) is 0.894. The maximum absolute atomic E-state index is 5.17. The lowest BCUT2D eigenvalue weighted by molar-refractivity contribution is -0.116. The Bertz CT molecular complexity index is 102. The van der Waals surface area contributed by atoms with Crippen molar-refractivity contribution < 1.29 is 9.57 Å². The predicted octanol–water partition coefficient (Wildman–Crippen LogP) is 1.01. The molecule has 1 rings (SSSR count). The first-order chi connectivity index (χ1) is 5.43. The molecule has 82 valence electrons. The summed E-state index contributed by atoms with van der Waals surface area (Å²) in [4.78, 5) is 5.14. The molecule has 0 aromatic rings. The number of nitrogens with zero attached hydrogens (tertiary/aromatic N) is 1. The molecule has 6 heteroatoms. The summed E-state index contributed by atoms with van der Waals surface area (Å²) in [6, 6.07) is 0. The van der Waals surface area contributed by atoms with Gasteiger partial charge in [-0.15, -0.1) is 30.4 Å². The highest BCUT2D eigenvalue weighted by atomic mass is 35.5. The molecule has 0 amide bonds. The van der Waals surface area contributed by atoms with Crippen LogP contribution in [0.25, 0.3) is 0 Å². The zero-order chi connectivity index (χ0) is 7.94. The van der Waals surface area contributed by atoms with Gasteiger partial charge >= 0.3 is 0 Å². The van der Waals surface area contributed by atoms with Gasteiger partial charge in [-0.1, -0.05) is 6.92 Å².